The van der Waals surface area contributed by atoms with Crippen LogP contribution in [0.25, 0.3) is 6.08 Å². The Hall–Kier alpha value is -3.14. The first-order valence-corrected chi connectivity index (χ1v) is 18.4. The summed E-state index contributed by atoms with van der Waals surface area (Å²) in [7, 11) is 1.68. The van der Waals surface area contributed by atoms with E-state index < -0.39 is 11.0 Å². The molecule has 7 rings (SSSR count). The third kappa shape index (κ3) is 5.42. The number of piperidine rings is 1. The topological polar surface area (TPSA) is 68.3 Å². The van der Waals surface area contributed by atoms with Gasteiger partial charge in [0.05, 0.1) is 24.6 Å². The Morgan fingerprint density at radius 2 is 2.00 bits per heavy atom. The molecule has 47 heavy (non-hydrogen) atoms. The lowest BCUT2D eigenvalue weighted by Crippen LogP contribution is -2.79. The van der Waals surface area contributed by atoms with Gasteiger partial charge in [0, 0.05) is 46.4 Å². The summed E-state index contributed by atoms with van der Waals surface area (Å²) in [5.74, 6) is 1.41. The third-order valence-electron chi connectivity index (χ3n) is 10.8. The molecule has 1 saturated carbocycles. The van der Waals surface area contributed by atoms with Crippen molar-refractivity contribution in [3.63, 3.8) is 0 Å². The molecule has 1 amide bonds. The number of benzene rings is 2. The summed E-state index contributed by atoms with van der Waals surface area (Å²) in [5.41, 5.74) is 2.26. The molecular formula is C38H43BrN2O5S. The van der Waals surface area contributed by atoms with Crippen LogP contribution in [0.5, 0.6) is 11.5 Å². The van der Waals surface area contributed by atoms with Gasteiger partial charge >= 0.3 is 5.97 Å². The van der Waals surface area contributed by atoms with Crippen molar-refractivity contribution in [1.82, 2.24) is 9.80 Å². The van der Waals surface area contributed by atoms with Crippen LogP contribution < -0.4 is 9.47 Å². The van der Waals surface area contributed by atoms with Crippen molar-refractivity contribution in [2.45, 2.75) is 82.1 Å². The maximum Gasteiger partial charge on any atom is 0.303 e. The fraction of sp³-hybridized carbons (Fsp3) is 0.474. The second kappa shape index (κ2) is 12.7. The Morgan fingerprint density at radius 1 is 1.19 bits per heavy atom. The van der Waals surface area contributed by atoms with Gasteiger partial charge in [0.15, 0.2) is 11.5 Å². The number of esters is 1. The number of nitrogens with zero attached hydrogens (tertiary/aromatic N) is 2. The largest absolute Gasteiger partial charge is 0.493 e. The van der Waals surface area contributed by atoms with Crippen LogP contribution in [0.1, 0.15) is 61.6 Å². The van der Waals surface area contributed by atoms with Crippen molar-refractivity contribution in [2.24, 2.45) is 5.92 Å². The van der Waals surface area contributed by atoms with Gasteiger partial charge in [-0.15, -0.1) is 11.3 Å². The van der Waals surface area contributed by atoms with E-state index in [0.29, 0.717) is 25.1 Å². The van der Waals surface area contributed by atoms with E-state index in [4.69, 9.17) is 14.2 Å². The van der Waals surface area contributed by atoms with E-state index in [9.17, 15) is 9.59 Å². The van der Waals surface area contributed by atoms with Crippen LogP contribution in [-0.4, -0.2) is 72.2 Å². The van der Waals surface area contributed by atoms with E-state index >= 15 is 0 Å². The predicted octanol–water partition coefficient (Wildman–Crippen LogP) is 7.05. The van der Waals surface area contributed by atoms with E-state index in [-0.39, 0.29) is 36.0 Å². The minimum atomic E-state index is -0.787. The molecule has 2 aliphatic carbocycles. The average molecular weight is 720 g/mol. The maximum absolute atomic E-state index is 14.2. The van der Waals surface area contributed by atoms with Gasteiger partial charge in [-0.2, -0.15) is 0 Å². The number of carbonyl (C=O) groups excluding carboxylic acids is 2. The van der Waals surface area contributed by atoms with Crippen molar-refractivity contribution in [2.75, 3.05) is 26.7 Å². The summed E-state index contributed by atoms with van der Waals surface area (Å²) in [4.78, 5) is 32.9. The summed E-state index contributed by atoms with van der Waals surface area (Å²) >= 11 is 5.12. The standard InChI is InChI=1S/C38H43BrN2O5S/c1-24(2)22-41(33(43)13-11-29-21-28(39)23-47-29)30-14-16-38(46-25(3)42)32-20-27-10-12-31(44-4)35-34(27)37(38,36(30)45-35)17-19-40(32)18-15-26-8-6-5-7-9-26/h5-13,21,23-24,30,32,36H,14-20,22H2,1-4H3/b13-11+/t30-,32+,36-,37-,38+/m0/s1. The number of hydrogen-bond acceptors (Lipinski definition) is 7. The Kier molecular flexibility index (Phi) is 8.77. The van der Waals surface area contributed by atoms with Crippen molar-refractivity contribution < 1.29 is 23.8 Å². The van der Waals surface area contributed by atoms with E-state index in [1.165, 1.54) is 18.1 Å². The molecule has 2 bridgehead atoms. The zero-order chi connectivity index (χ0) is 32.9. The number of likely N-dealkylation sites (tertiary alicyclic amines) is 1. The highest BCUT2D eigenvalue weighted by molar-refractivity contribution is 9.10. The molecule has 0 N–H and O–H groups in total. The van der Waals surface area contributed by atoms with Gasteiger partial charge in [-0.25, -0.2) is 0 Å². The Bertz CT molecular complexity index is 1690. The number of amides is 1. The number of ether oxygens (including phenoxy) is 3. The Balaban J connectivity index is 1.32. The van der Waals surface area contributed by atoms with Gasteiger partial charge in [0.25, 0.3) is 0 Å². The maximum atomic E-state index is 14.2. The van der Waals surface area contributed by atoms with Crippen LogP contribution in [0.2, 0.25) is 0 Å². The fourth-order valence-corrected chi connectivity index (χ4v) is 10.5. The number of carbonyl (C=O) groups is 2. The first-order chi connectivity index (χ1) is 22.7. The molecule has 3 heterocycles. The third-order valence-corrected chi connectivity index (χ3v) is 12.4. The van der Waals surface area contributed by atoms with Gasteiger partial charge in [-0.05, 0) is 89.8 Å². The highest BCUT2D eigenvalue weighted by Crippen LogP contribution is 2.67. The molecule has 1 spiro atoms. The van der Waals surface area contributed by atoms with Crippen molar-refractivity contribution in [3.05, 3.63) is 86.0 Å². The molecule has 2 aliphatic heterocycles. The van der Waals surface area contributed by atoms with Gasteiger partial charge in [-0.1, -0.05) is 50.2 Å². The lowest BCUT2D eigenvalue weighted by molar-refractivity contribution is -0.224. The highest BCUT2D eigenvalue weighted by Gasteiger charge is 2.75. The zero-order valence-electron chi connectivity index (χ0n) is 27.5. The lowest BCUT2D eigenvalue weighted by atomic mass is 9.48. The molecule has 7 nitrogen and oxygen atoms in total. The second-order valence-corrected chi connectivity index (χ2v) is 15.7. The number of rotatable bonds is 10. The summed E-state index contributed by atoms with van der Waals surface area (Å²) in [6.07, 6.45) is 7.01. The van der Waals surface area contributed by atoms with E-state index in [0.717, 1.165) is 53.0 Å². The van der Waals surface area contributed by atoms with Gasteiger partial charge in [0.2, 0.25) is 5.91 Å². The van der Waals surface area contributed by atoms with Crippen molar-refractivity contribution in [1.29, 1.82) is 0 Å². The van der Waals surface area contributed by atoms with Gasteiger partial charge in [-0.3, -0.25) is 14.5 Å². The number of thiophene rings is 1. The monoisotopic (exact) mass is 718 g/mol. The van der Waals surface area contributed by atoms with Crippen LogP contribution in [-0.2, 0) is 32.6 Å². The van der Waals surface area contributed by atoms with Gasteiger partial charge in [0.1, 0.15) is 11.7 Å². The minimum absolute atomic E-state index is 0.00539. The smallest absolute Gasteiger partial charge is 0.303 e. The molecule has 3 aromatic rings. The first-order valence-electron chi connectivity index (χ1n) is 16.7. The molecule has 0 radical (unpaired) electrons. The van der Waals surface area contributed by atoms with E-state index in [1.807, 2.05) is 28.5 Å². The average Bonchev–Trinajstić information content (AvgIpc) is 3.63. The lowest BCUT2D eigenvalue weighted by Gasteiger charge is -2.65. The van der Waals surface area contributed by atoms with E-state index in [2.05, 4.69) is 71.1 Å². The molecular weight excluding hydrogens is 676 g/mol. The molecule has 2 fully saturated rings. The molecule has 2 aromatic carbocycles. The Morgan fingerprint density at radius 3 is 2.70 bits per heavy atom. The van der Waals surface area contributed by atoms with Crippen molar-refractivity contribution in [3.8, 4) is 11.5 Å². The van der Waals surface area contributed by atoms with Crippen LogP contribution >= 0.6 is 27.3 Å². The molecule has 5 atom stereocenters. The van der Waals surface area contributed by atoms with Crippen LogP contribution in [0.15, 0.2) is 64.5 Å². The molecule has 1 saturated heterocycles. The van der Waals surface area contributed by atoms with Gasteiger partial charge < -0.3 is 19.1 Å². The zero-order valence-corrected chi connectivity index (χ0v) is 29.9. The summed E-state index contributed by atoms with van der Waals surface area (Å²) in [5, 5.41) is 2.02. The first kappa shape index (κ1) is 32.4. The number of hydrogen-bond donors (Lipinski definition) is 0. The summed E-state index contributed by atoms with van der Waals surface area (Å²) in [6, 6.07) is 16.6. The molecule has 9 heteroatoms. The van der Waals surface area contributed by atoms with Crippen molar-refractivity contribution >= 4 is 45.2 Å². The number of methoxy groups -OCH3 is 1. The quantitative estimate of drug-likeness (QED) is 0.165. The molecule has 4 aliphatic rings. The molecule has 248 valence electrons. The van der Waals surface area contributed by atoms with Crippen LogP contribution in [0.4, 0.5) is 0 Å². The normalized spacial score (nSPS) is 27.4. The predicted molar refractivity (Wildman–Crippen MR) is 188 cm³/mol. The highest BCUT2D eigenvalue weighted by atomic mass is 79.9. The SMILES string of the molecule is COc1ccc2c3c1O[C@H]1[C@@H](N(CC(C)C)C(=O)/C=C/c4cc(Br)cs4)CC[C@@]4(OC(C)=O)[C@@H](C2)N(CCc2ccccc2)CC[C@]314. The summed E-state index contributed by atoms with van der Waals surface area (Å²) in [6.45, 7) is 8.18. The van der Waals surface area contributed by atoms with Crippen LogP contribution in [0.3, 0.4) is 0 Å². The molecule has 0 unspecified atom stereocenters. The van der Waals surface area contributed by atoms with E-state index in [1.54, 1.807) is 24.5 Å². The molecule has 1 aromatic heterocycles. The Labute approximate surface area is 290 Å². The fourth-order valence-electron chi connectivity index (χ4n) is 9.14. The summed E-state index contributed by atoms with van der Waals surface area (Å²) < 4.78 is 20.7. The number of halogens is 1. The van der Waals surface area contributed by atoms with Crippen LogP contribution in [0, 0.1) is 5.92 Å². The second-order valence-electron chi connectivity index (χ2n) is 13.9. The minimum Gasteiger partial charge on any atom is -0.493 e.